The Morgan fingerprint density at radius 3 is 2.24 bits per heavy atom. The van der Waals surface area contributed by atoms with Crippen LogP contribution in [0.5, 0.6) is 0 Å². The summed E-state index contributed by atoms with van der Waals surface area (Å²) in [7, 11) is -6.66. The molecule has 5 nitrogen and oxygen atoms in total. The number of hydrogen-bond acceptors (Lipinski definition) is 4. The van der Waals surface area contributed by atoms with Crippen molar-refractivity contribution in [3.05, 3.63) is 58.6 Å². The number of rotatable bonds is 5. The van der Waals surface area contributed by atoms with Crippen LogP contribution < -0.4 is 0 Å². The Balaban J connectivity index is 2.44. The Morgan fingerprint density at radius 2 is 1.68 bits per heavy atom. The topological polar surface area (TPSA) is 71.5 Å². The van der Waals surface area contributed by atoms with E-state index in [0.29, 0.717) is 6.07 Å². The second-order valence-electron chi connectivity index (χ2n) is 5.36. The van der Waals surface area contributed by atoms with E-state index in [4.69, 9.17) is 11.6 Å². The molecule has 25 heavy (non-hydrogen) atoms. The zero-order chi connectivity index (χ0) is 19.0. The van der Waals surface area contributed by atoms with Gasteiger partial charge >= 0.3 is 0 Å². The summed E-state index contributed by atoms with van der Waals surface area (Å²) in [6.07, 6.45) is 0.935. The molecule has 0 aliphatic carbocycles. The highest BCUT2D eigenvalue weighted by atomic mass is 35.5. The summed E-state index contributed by atoms with van der Waals surface area (Å²) >= 11 is 5.91. The van der Waals surface area contributed by atoms with Gasteiger partial charge in [-0.15, -0.1) is 0 Å². The lowest BCUT2D eigenvalue weighted by Crippen LogP contribution is -2.27. The number of nitrogens with zero attached hydrogens (tertiary/aromatic N) is 1. The molecule has 0 aliphatic rings. The van der Waals surface area contributed by atoms with E-state index in [-0.39, 0.29) is 22.0 Å². The predicted octanol–water partition coefficient (Wildman–Crippen LogP) is 2.84. The fourth-order valence-corrected chi connectivity index (χ4v) is 4.42. The van der Waals surface area contributed by atoms with Gasteiger partial charge in [0.2, 0.25) is 10.0 Å². The zero-order valence-corrected chi connectivity index (χ0v) is 15.6. The second-order valence-corrected chi connectivity index (χ2v) is 9.80. The van der Waals surface area contributed by atoms with Gasteiger partial charge in [-0.1, -0.05) is 17.7 Å². The maximum absolute atomic E-state index is 13.7. The Bertz CT molecular complexity index is 1020. The summed E-state index contributed by atoms with van der Waals surface area (Å²) < 4.78 is 76.1. The van der Waals surface area contributed by atoms with Gasteiger partial charge < -0.3 is 0 Å². The molecule has 10 heteroatoms. The first-order valence-corrected chi connectivity index (χ1v) is 10.5. The van der Waals surface area contributed by atoms with Crippen LogP contribution in [0.15, 0.2) is 46.2 Å². The average molecular weight is 410 g/mol. The van der Waals surface area contributed by atoms with Gasteiger partial charge in [0.25, 0.3) is 0 Å². The van der Waals surface area contributed by atoms with Crippen LogP contribution in [0.25, 0.3) is 0 Å². The van der Waals surface area contributed by atoms with Crippen molar-refractivity contribution in [2.75, 3.05) is 13.3 Å². The van der Waals surface area contributed by atoms with Gasteiger partial charge in [-0.3, -0.25) is 0 Å². The molecule has 0 aromatic heterocycles. The van der Waals surface area contributed by atoms with Crippen molar-refractivity contribution >= 4 is 31.5 Å². The molecule has 0 fully saturated rings. The fraction of sp³-hybridized carbons (Fsp3) is 0.200. The van der Waals surface area contributed by atoms with Crippen LogP contribution >= 0.6 is 11.6 Å². The van der Waals surface area contributed by atoms with Gasteiger partial charge in [-0.2, -0.15) is 4.31 Å². The summed E-state index contributed by atoms with van der Waals surface area (Å²) in [6.45, 7) is -0.381. The van der Waals surface area contributed by atoms with Crippen molar-refractivity contribution in [3.8, 4) is 0 Å². The molecule has 0 atom stereocenters. The molecule has 0 radical (unpaired) electrons. The smallest absolute Gasteiger partial charge is 0.224 e. The standard InChI is InChI=1S/C15H14ClF2NO4S2/c1-19(9-10-3-4-11(17)7-14(10)18)25(22,23)15-8-12(24(2,20)21)5-6-13(15)16/h3-8H,9H2,1-2H3. The van der Waals surface area contributed by atoms with Crippen LogP contribution in [0.3, 0.4) is 0 Å². The third kappa shape index (κ3) is 4.35. The Morgan fingerprint density at radius 1 is 1.04 bits per heavy atom. The molecule has 0 amide bonds. The first-order chi connectivity index (χ1) is 11.4. The van der Waals surface area contributed by atoms with Gasteiger partial charge in [-0.05, 0) is 24.3 Å². The van der Waals surface area contributed by atoms with Crippen LogP contribution in [0.2, 0.25) is 5.02 Å². The number of benzene rings is 2. The maximum atomic E-state index is 13.7. The lowest BCUT2D eigenvalue weighted by Gasteiger charge is -2.19. The first-order valence-electron chi connectivity index (χ1n) is 6.83. The highest BCUT2D eigenvalue weighted by Crippen LogP contribution is 2.28. The van der Waals surface area contributed by atoms with E-state index in [0.717, 1.165) is 34.8 Å². The molecule has 0 heterocycles. The van der Waals surface area contributed by atoms with E-state index in [2.05, 4.69) is 0 Å². The summed E-state index contributed by atoms with van der Waals surface area (Å²) in [4.78, 5) is -0.626. The minimum absolute atomic E-state index is 0.0390. The summed E-state index contributed by atoms with van der Waals surface area (Å²) in [5, 5.41) is -0.168. The number of hydrogen-bond donors (Lipinski definition) is 0. The van der Waals surface area contributed by atoms with E-state index >= 15 is 0 Å². The fourth-order valence-electron chi connectivity index (χ4n) is 2.05. The first kappa shape index (κ1) is 19.8. The van der Waals surface area contributed by atoms with Gasteiger partial charge in [0.05, 0.1) is 9.92 Å². The van der Waals surface area contributed by atoms with Crippen LogP contribution in [-0.2, 0) is 26.4 Å². The van der Waals surface area contributed by atoms with Gasteiger partial charge in [-0.25, -0.2) is 25.6 Å². The van der Waals surface area contributed by atoms with Crippen molar-refractivity contribution < 1.29 is 25.6 Å². The quantitative estimate of drug-likeness (QED) is 0.761. The normalized spacial score (nSPS) is 12.6. The Kier molecular flexibility index (Phi) is 5.53. The highest BCUT2D eigenvalue weighted by molar-refractivity contribution is 7.91. The molecule has 0 N–H and O–H groups in total. The Hall–Kier alpha value is -1.55. The molecular weight excluding hydrogens is 396 g/mol. The minimum Gasteiger partial charge on any atom is -0.224 e. The monoisotopic (exact) mass is 409 g/mol. The van der Waals surface area contributed by atoms with Crippen LogP contribution in [-0.4, -0.2) is 34.4 Å². The van der Waals surface area contributed by atoms with Crippen molar-refractivity contribution in [2.24, 2.45) is 0 Å². The summed E-state index contributed by atoms with van der Waals surface area (Å²) in [6, 6.07) is 6.09. The SMILES string of the molecule is CN(Cc1ccc(F)cc1F)S(=O)(=O)c1cc(S(C)(=O)=O)ccc1Cl. The number of halogens is 3. The predicted molar refractivity (Wildman–Crippen MR) is 89.6 cm³/mol. The molecule has 0 unspecified atom stereocenters. The largest absolute Gasteiger partial charge is 0.244 e. The second kappa shape index (κ2) is 6.99. The van der Waals surface area contributed by atoms with E-state index in [1.165, 1.54) is 13.1 Å². The summed E-state index contributed by atoms with van der Waals surface area (Å²) in [5.41, 5.74) is -0.0390. The lowest BCUT2D eigenvalue weighted by molar-refractivity contribution is 0.454. The maximum Gasteiger partial charge on any atom is 0.244 e. The average Bonchev–Trinajstić information content (AvgIpc) is 2.49. The van der Waals surface area contributed by atoms with E-state index in [9.17, 15) is 25.6 Å². The van der Waals surface area contributed by atoms with Gasteiger partial charge in [0.15, 0.2) is 9.84 Å². The summed E-state index contributed by atoms with van der Waals surface area (Å²) in [5.74, 6) is -1.67. The zero-order valence-electron chi connectivity index (χ0n) is 13.2. The number of sulfonamides is 1. The molecular formula is C15H14ClF2NO4S2. The highest BCUT2D eigenvalue weighted by Gasteiger charge is 2.26. The van der Waals surface area contributed by atoms with E-state index < -0.39 is 36.4 Å². The third-order valence-corrected chi connectivity index (χ3v) is 6.82. The third-order valence-electron chi connectivity index (χ3n) is 3.43. The van der Waals surface area contributed by atoms with Crippen LogP contribution in [0.4, 0.5) is 8.78 Å². The molecule has 0 bridgehead atoms. The molecule has 0 aliphatic heterocycles. The molecule has 2 rings (SSSR count). The van der Waals surface area contributed by atoms with Crippen molar-refractivity contribution in [2.45, 2.75) is 16.3 Å². The van der Waals surface area contributed by atoms with E-state index in [1.54, 1.807) is 0 Å². The molecule has 0 spiro atoms. The molecule has 0 saturated heterocycles. The van der Waals surface area contributed by atoms with Crippen molar-refractivity contribution in [1.82, 2.24) is 4.31 Å². The van der Waals surface area contributed by atoms with Crippen LogP contribution in [0, 0.1) is 11.6 Å². The van der Waals surface area contributed by atoms with Gasteiger partial charge in [0, 0.05) is 31.5 Å². The molecule has 2 aromatic carbocycles. The lowest BCUT2D eigenvalue weighted by atomic mass is 10.2. The Labute approximate surface area is 149 Å². The molecule has 2 aromatic rings. The number of sulfone groups is 1. The van der Waals surface area contributed by atoms with Gasteiger partial charge in [0.1, 0.15) is 16.5 Å². The van der Waals surface area contributed by atoms with Crippen molar-refractivity contribution in [1.29, 1.82) is 0 Å². The molecule has 0 saturated carbocycles. The van der Waals surface area contributed by atoms with Crippen LogP contribution in [0.1, 0.15) is 5.56 Å². The molecule has 136 valence electrons. The van der Waals surface area contributed by atoms with Crippen molar-refractivity contribution in [3.63, 3.8) is 0 Å². The minimum atomic E-state index is -4.20. The van der Waals surface area contributed by atoms with E-state index in [1.807, 2.05) is 0 Å².